The fourth-order valence-corrected chi connectivity index (χ4v) is 4.12. The maximum Gasteiger partial charge on any atom is 0.273 e. The third kappa shape index (κ3) is 4.28. The lowest BCUT2D eigenvalue weighted by atomic mass is 10.1. The Morgan fingerprint density at radius 2 is 2.00 bits per heavy atom. The molecule has 2 aromatic carbocycles. The molecule has 0 unspecified atom stereocenters. The topological polar surface area (TPSA) is 116 Å². The van der Waals surface area contributed by atoms with Crippen LogP contribution in [0.1, 0.15) is 23.0 Å². The van der Waals surface area contributed by atoms with Crippen LogP contribution in [0.4, 0.5) is 5.69 Å². The van der Waals surface area contributed by atoms with E-state index in [1.807, 2.05) is 0 Å². The standard InChI is InChI=1S/C19H20N4O5S/c1-13-7-8-16(12-17(13)23(24)25)29(26,27)21-18(19-20-9-10-22(19)2)14-5-4-6-15(11-14)28-3/h4-12,18,21H,1-3H3/t18-/m0/s1. The quantitative estimate of drug-likeness (QED) is 0.468. The van der Waals surface area contributed by atoms with E-state index in [4.69, 9.17) is 4.74 Å². The van der Waals surface area contributed by atoms with Gasteiger partial charge in [-0.05, 0) is 30.7 Å². The van der Waals surface area contributed by atoms with Crippen LogP contribution in [-0.4, -0.2) is 30.0 Å². The van der Waals surface area contributed by atoms with E-state index < -0.39 is 21.0 Å². The zero-order chi connectivity index (χ0) is 21.2. The van der Waals surface area contributed by atoms with E-state index in [1.165, 1.54) is 19.2 Å². The van der Waals surface area contributed by atoms with Crippen molar-refractivity contribution in [1.82, 2.24) is 14.3 Å². The van der Waals surface area contributed by atoms with Crippen LogP contribution in [0, 0.1) is 17.0 Å². The third-order valence-corrected chi connectivity index (χ3v) is 5.92. The van der Waals surface area contributed by atoms with Gasteiger partial charge in [0.25, 0.3) is 5.69 Å². The maximum absolute atomic E-state index is 13.1. The van der Waals surface area contributed by atoms with Crippen molar-refractivity contribution in [3.05, 3.63) is 81.9 Å². The minimum absolute atomic E-state index is 0.197. The number of hydrogen-bond donors (Lipinski definition) is 1. The van der Waals surface area contributed by atoms with Crippen LogP contribution in [0.15, 0.2) is 59.8 Å². The summed E-state index contributed by atoms with van der Waals surface area (Å²) < 4.78 is 35.7. The molecule has 0 aliphatic rings. The monoisotopic (exact) mass is 416 g/mol. The van der Waals surface area contributed by atoms with Crippen molar-refractivity contribution in [2.45, 2.75) is 17.9 Å². The molecule has 0 aliphatic heterocycles. The van der Waals surface area contributed by atoms with Gasteiger partial charge in [0.05, 0.1) is 16.9 Å². The van der Waals surface area contributed by atoms with Crippen LogP contribution < -0.4 is 9.46 Å². The van der Waals surface area contributed by atoms with Crippen LogP contribution >= 0.6 is 0 Å². The fourth-order valence-electron chi connectivity index (χ4n) is 2.92. The molecule has 3 rings (SSSR count). The minimum atomic E-state index is -4.09. The number of imidazole rings is 1. The molecule has 0 bridgehead atoms. The van der Waals surface area contributed by atoms with Gasteiger partial charge in [-0.3, -0.25) is 10.1 Å². The van der Waals surface area contributed by atoms with Gasteiger partial charge in [-0.25, -0.2) is 13.4 Å². The van der Waals surface area contributed by atoms with E-state index in [0.717, 1.165) is 6.07 Å². The minimum Gasteiger partial charge on any atom is -0.497 e. The number of nitrogens with one attached hydrogen (secondary N) is 1. The summed E-state index contributed by atoms with van der Waals surface area (Å²) in [5.74, 6) is 1.02. The molecule has 1 aromatic heterocycles. The van der Waals surface area contributed by atoms with E-state index in [2.05, 4.69) is 9.71 Å². The first-order chi connectivity index (χ1) is 13.7. The number of methoxy groups -OCH3 is 1. The van der Waals surface area contributed by atoms with E-state index in [0.29, 0.717) is 22.7 Å². The van der Waals surface area contributed by atoms with Crippen LogP contribution in [0.25, 0.3) is 0 Å². The summed E-state index contributed by atoms with van der Waals surface area (Å²) in [4.78, 5) is 14.7. The maximum atomic E-state index is 13.1. The Morgan fingerprint density at radius 3 is 2.62 bits per heavy atom. The number of benzene rings is 2. The number of ether oxygens (including phenoxy) is 1. The van der Waals surface area contributed by atoms with Crippen LogP contribution in [-0.2, 0) is 17.1 Å². The number of rotatable bonds is 7. The van der Waals surface area contributed by atoms with E-state index >= 15 is 0 Å². The van der Waals surface area contributed by atoms with Gasteiger partial charge in [-0.1, -0.05) is 18.2 Å². The van der Waals surface area contributed by atoms with Crippen molar-refractivity contribution in [2.24, 2.45) is 7.05 Å². The third-order valence-electron chi connectivity index (χ3n) is 4.50. The largest absolute Gasteiger partial charge is 0.497 e. The van der Waals surface area contributed by atoms with Crippen molar-refractivity contribution < 1.29 is 18.1 Å². The Balaban J connectivity index is 2.07. The van der Waals surface area contributed by atoms with Crippen molar-refractivity contribution in [2.75, 3.05) is 7.11 Å². The van der Waals surface area contributed by atoms with Crippen LogP contribution in [0.2, 0.25) is 0 Å². The van der Waals surface area contributed by atoms with Gasteiger partial charge in [-0.2, -0.15) is 4.72 Å². The predicted molar refractivity (Wildman–Crippen MR) is 106 cm³/mol. The summed E-state index contributed by atoms with van der Waals surface area (Å²) in [5, 5.41) is 11.2. The normalized spacial score (nSPS) is 12.5. The van der Waals surface area contributed by atoms with Crippen LogP contribution in [0.5, 0.6) is 5.75 Å². The van der Waals surface area contributed by atoms with Crippen LogP contribution in [0.3, 0.4) is 0 Å². The van der Waals surface area contributed by atoms with Crippen molar-refractivity contribution in [1.29, 1.82) is 0 Å². The lowest BCUT2D eigenvalue weighted by Crippen LogP contribution is -2.31. The highest BCUT2D eigenvalue weighted by atomic mass is 32.2. The molecule has 0 fully saturated rings. The van der Waals surface area contributed by atoms with Gasteiger partial charge >= 0.3 is 0 Å². The molecular formula is C19H20N4O5S. The van der Waals surface area contributed by atoms with Gasteiger partial charge in [0.1, 0.15) is 17.6 Å². The Labute approximate surface area is 168 Å². The summed E-state index contributed by atoms with van der Waals surface area (Å²) in [6.07, 6.45) is 3.26. The first-order valence-electron chi connectivity index (χ1n) is 8.61. The van der Waals surface area contributed by atoms with E-state index in [1.54, 1.807) is 55.2 Å². The van der Waals surface area contributed by atoms with Gasteiger partial charge in [0.15, 0.2) is 0 Å². The number of hydrogen-bond acceptors (Lipinski definition) is 6. The molecule has 10 heteroatoms. The average Bonchev–Trinajstić information content (AvgIpc) is 3.11. The Hall–Kier alpha value is -3.24. The fraction of sp³-hybridized carbons (Fsp3) is 0.211. The average molecular weight is 416 g/mol. The highest BCUT2D eigenvalue weighted by Crippen LogP contribution is 2.28. The second kappa shape index (κ2) is 8.02. The number of aryl methyl sites for hydroxylation is 2. The molecule has 9 nitrogen and oxygen atoms in total. The molecule has 29 heavy (non-hydrogen) atoms. The Kier molecular flexibility index (Phi) is 5.66. The number of aromatic nitrogens is 2. The van der Waals surface area contributed by atoms with Gasteiger partial charge in [-0.15, -0.1) is 0 Å². The summed E-state index contributed by atoms with van der Waals surface area (Å²) in [7, 11) is -0.823. The summed E-state index contributed by atoms with van der Waals surface area (Å²) >= 11 is 0. The SMILES string of the molecule is COc1cccc([C@H](NS(=O)(=O)c2ccc(C)c([N+](=O)[O-])c2)c2nccn2C)c1. The van der Waals surface area contributed by atoms with Gasteiger partial charge < -0.3 is 9.30 Å². The van der Waals surface area contributed by atoms with E-state index in [9.17, 15) is 18.5 Å². The molecule has 0 radical (unpaired) electrons. The molecule has 0 amide bonds. The molecule has 0 saturated heterocycles. The summed E-state index contributed by atoms with van der Waals surface area (Å²) in [6, 6.07) is 9.93. The van der Waals surface area contributed by atoms with Gasteiger partial charge in [0.2, 0.25) is 10.0 Å². The Bertz CT molecular complexity index is 1160. The zero-order valence-corrected chi connectivity index (χ0v) is 16.9. The molecule has 1 atom stereocenters. The molecular weight excluding hydrogens is 396 g/mol. The van der Waals surface area contributed by atoms with Crippen molar-refractivity contribution in [3.8, 4) is 5.75 Å². The Morgan fingerprint density at radius 1 is 1.24 bits per heavy atom. The van der Waals surface area contributed by atoms with Gasteiger partial charge in [0, 0.05) is 31.1 Å². The number of nitro groups is 1. The molecule has 0 spiro atoms. The highest BCUT2D eigenvalue weighted by molar-refractivity contribution is 7.89. The second-order valence-corrected chi connectivity index (χ2v) is 8.15. The molecule has 1 N–H and O–H groups in total. The second-order valence-electron chi connectivity index (χ2n) is 6.43. The highest BCUT2D eigenvalue weighted by Gasteiger charge is 2.27. The summed E-state index contributed by atoms with van der Waals surface area (Å²) in [5.41, 5.74) is 0.731. The van der Waals surface area contributed by atoms with E-state index in [-0.39, 0.29) is 10.6 Å². The molecule has 0 aliphatic carbocycles. The first-order valence-corrected chi connectivity index (χ1v) is 10.1. The molecule has 1 heterocycles. The zero-order valence-electron chi connectivity index (χ0n) is 16.1. The smallest absolute Gasteiger partial charge is 0.273 e. The molecule has 0 saturated carbocycles. The molecule has 152 valence electrons. The predicted octanol–water partition coefficient (Wildman–Crippen LogP) is 2.71. The van der Waals surface area contributed by atoms with Crippen molar-refractivity contribution >= 4 is 15.7 Å². The lowest BCUT2D eigenvalue weighted by molar-refractivity contribution is -0.385. The molecule has 3 aromatic rings. The first kappa shape index (κ1) is 20.5. The summed E-state index contributed by atoms with van der Waals surface area (Å²) in [6.45, 7) is 1.55. The number of sulfonamides is 1. The number of nitrogens with zero attached hydrogens (tertiary/aromatic N) is 3. The van der Waals surface area contributed by atoms with Crippen molar-refractivity contribution in [3.63, 3.8) is 0 Å². The number of nitro benzene ring substituents is 1. The lowest BCUT2D eigenvalue weighted by Gasteiger charge is -2.20.